The second-order valence-corrected chi connectivity index (χ2v) is 34.9. The van der Waals surface area contributed by atoms with E-state index in [-0.39, 0.29) is 38.6 Å². The van der Waals surface area contributed by atoms with Crippen molar-refractivity contribution in [3.8, 4) is 85.4 Å². The van der Waals surface area contributed by atoms with Crippen molar-refractivity contribution in [1.82, 2.24) is 26.6 Å². The number of nitrogens with one attached hydrogen (secondary N) is 5. The van der Waals surface area contributed by atoms with Gasteiger partial charge in [0.1, 0.15) is 74.0 Å². The summed E-state index contributed by atoms with van der Waals surface area (Å²) in [5.74, 6) is 4.08. The van der Waals surface area contributed by atoms with Crippen LogP contribution < -0.4 is 102 Å². The van der Waals surface area contributed by atoms with E-state index >= 15 is 0 Å². The van der Waals surface area contributed by atoms with Crippen LogP contribution in [0.5, 0.6) is 28.7 Å². The minimum atomic E-state index is -0.500. The molecule has 0 saturated carbocycles. The molecule has 136 heavy (non-hydrogen) atoms. The maximum absolute atomic E-state index is 14.0. The third-order valence-corrected chi connectivity index (χ3v) is 24.6. The molecule has 5 aliphatic rings. The Morgan fingerprint density at radius 3 is 0.809 bits per heavy atom. The topological polar surface area (TPSA) is 274 Å². The number of hydrogen-bond donors (Lipinski definition) is 5. The summed E-state index contributed by atoms with van der Waals surface area (Å²) in [6, 6.07) is 70.7. The molecular weight excluding hydrogens is 1730 g/mol. The van der Waals surface area contributed by atoms with Gasteiger partial charge in [0.2, 0.25) is 0 Å². The van der Waals surface area contributed by atoms with E-state index in [4.69, 9.17) is 45.8 Å². The van der Waals surface area contributed by atoms with Crippen molar-refractivity contribution in [1.29, 1.82) is 0 Å². The van der Waals surface area contributed by atoms with Gasteiger partial charge in [-0.25, -0.2) is 8.78 Å². The smallest absolute Gasteiger partial charge is 0.193 e. The minimum absolute atomic E-state index is 0.0212. The average molecular weight is 1840 g/mol. The van der Waals surface area contributed by atoms with Crippen LogP contribution in [0.4, 0.5) is 37.2 Å². The number of anilines is 5. The van der Waals surface area contributed by atoms with E-state index < -0.39 is 11.6 Å². The van der Waals surface area contributed by atoms with Crippen molar-refractivity contribution in [2.24, 2.45) is 0 Å². The highest BCUT2D eigenvalue weighted by Gasteiger charge is 2.27. The van der Waals surface area contributed by atoms with Crippen LogP contribution in [0.3, 0.4) is 0 Å². The molecule has 5 aliphatic heterocycles. The zero-order valence-electron chi connectivity index (χ0n) is 78.5. The first-order valence-corrected chi connectivity index (χ1v) is 46.6. The second-order valence-electron chi connectivity index (χ2n) is 34.9. The van der Waals surface area contributed by atoms with Gasteiger partial charge in [0, 0.05) is 214 Å². The maximum Gasteiger partial charge on any atom is 0.193 e. The normalized spacial score (nSPS) is 17.8. The third-order valence-electron chi connectivity index (χ3n) is 24.6. The van der Waals surface area contributed by atoms with Crippen LogP contribution in [-0.2, 0) is 0 Å². The van der Waals surface area contributed by atoms with Crippen LogP contribution in [0.15, 0.2) is 277 Å². The third kappa shape index (κ3) is 22.9. The Hall–Kier alpha value is -14.1. The van der Waals surface area contributed by atoms with Crippen molar-refractivity contribution < 1.29 is 54.6 Å². The number of halogens is 2. The zero-order valence-corrected chi connectivity index (χ0v) is 78.5. The van der Waals surface area contributed by atoms with Gasteiger partial charge in [-0.05, 0) is 263 Å². The standard InChI is InChI=1S/C23H26N2O3.C22H23FN2O3.C22H24N2O3.C21H21FN2O3.C21H22N2O3/c1-4-27-19-8-5-17(6-9-19)23-12-21(26)20-11-18(7-10-22(20)28-23)25-13-15(2)24-16(3)14-25;1-13-11-25(12-14(2)24-13)16-5-7-20-17(9-16)19(26)10-22(28-20)15-4-6-21(27-3)18(23)8-15;1-3-26-18-7-4-16(5-8-18)22-13-20(25)19-12-17(6-9-21(19)27-22)24-11-10-23-15(2)14-24;1-13-12-24(8-7-23-13)15-4-6-19-16(10-15)18(25)11-21(27-19)14-3-5-20(26-2)17(22)9-14;1-2-25-17-6-3-15(4-7-17)21-14-19(24)18-13-16(5-8-20(18)26-21)23-11-9-22-10-12-23/h5-12,15-16,24H,4,13-14H2,1-3H3;4-10,13-14,24H,11-12H2,1-3H3;4-9,12-13,15,23H,3,10-11,14H2,1-2H3;3-6,9-11,13,23H,7-8,12H2,1-2H3;3-8,13-14,22H,2,9-12H2,1H3/t15-,16+;13-,14+;15-;13-;/m..01./s1. The van der Waals surface area contributed by atoms with Gasteiger partial charge in [-0.1, -0.05) is 0 Å². The number of benzene rings is 10. The maximum atomic E-state index is 14.0. The molecule has 10 heterocycles. The zero-order chi connectivity index (χ0) is 95.2. The summed E-state index contributed by atoms with van der Waals surface area (Å²) < 4.78 is 84.1. The molecule has 5 aromatic heterocycles. The summed E-state index contributed by atoms with van der Waals surface area (Å²) in [5, 5.41) is 20.1. The Labute approximate surface area is 787 Å². The van der Waals surface area contributed by atoms with Crippen molar-refractivity contribution in [3.05, 3.63) is 293 Å². The van der Waals surface area contributed by atoms with E-state index in [2.05, 4.69) is 92.6 Å². The van der Waals surface area contributed by atoms with Gasteiger partial charge in [-0.15, -0.1) is 0 Å². The Morgan fingerprint density at radius 2 is 0.544 bits per heavy atom. The van der Waals surface area contributed by atoms with Crippen molar-refractivity contribution in [2.75, 3.05) is 150 Å². The summed E-state index contributed by atoms with van der Waals surface area (Å²) in [7, 11) is 2.82. The molecule has 706 valence electrons. The summed E-state index contributed by atoms with van der Waals surface area (Å²) in [6.45, 7) is 33.6. The number of piperazine rings is 5. The Kier molecular flexibility index (Phi) is 30.4. The lowest BCUT2D eigenvalue weighted by Gasteiger charge is -2.37. The first-order valence-electron chi connectivity index (χ1n) is 46.6. The minimum Gasteiger partial charge on any atom is -0.494 e. The van der Waals surface area contributed by atoms with Gasteiger partial charge in [-0.3, -0.25) is 24.0 Å². The molecule has 27 heteroatoms. The van der Waals surface area contributed by atoms with E-state index in [9.17, 15) is 32.8 Å². The predicted octanol–water partition coefficient (Wildman–Crippen LogP) is 18.2. The number of rotatable bonds is 18. The molecule has 0 aliphatic carbocycles. The lowest BCUT2D eigenvalue weighted by atomic mass is 10.1. The van der Waals surface area contributed by atoms with Gasteiger partial charge in [0.25, 0.3) is 0 Å². The number of fused-ring (bicyclic) bond motifs is 5. The molecule has 5 saturated heterocycles. The largest absolute Gasteiger partial charge is 0.494 e. The van der Waals surface area contributed by atoms with Crippen LogP contribution in [0, 0.1) is 11.6 Å². The molecule has 0 unspecified atom stereocenters. The van der Waals surface area contributed by atoms with Crippen LogP contribution in [-0.4, -0.2) is 162 Å². The summed E-state index contributed by atoms with van der Waals surface area (Å²) in [4.78, 5) is 75.0. The Morgan fingerprint density at radius 1 is 0.294 bits per heavy atom. The predicted molar refractivity (Wildman–Crippen MR) is 539 cm³/mol. The molecule has 5 N–H and O–H groups in total. The lowest BCUT2D eigenvalue weighted by Crippen LogP contribution is -2.54. The van der Waals surface area contributed by atoms with Crippen LogP contribution in [0.25, 0.3) is 111 Å². The summed E-state index contributed by atoms with van der Waals surface area (Å²) in [6.07, 6.45) is 0. The Balaban J connectivity index is 0.000000123. The highest BCUT2D eigenvalue weighted by atomic mass is 19.1. The van der Waals surface area contributed by atoms with Gasteiger partial charge in [0.15, 0.2) is 50.3 Å². The quantitative estimate of drug-likeness (QED) is 0.0534. The molecular formula is C109H116F2N10O15. The van der Waals surface area contributed by atoms with Crippen molar-refractivity contribution in [2.45, 2.75) is 98.6 Å². The highest BCUT2D eigenvalue weighted by Crippen LogP contribution is 2.36. The molecule has 20 rings (SSSR count). The molecule has 0 bridgehead atoms. The fourth-order valence-corrected chi connectivity index (χ4v) is 18.0. The first-order chi connectivity index (χ1) is 65.9. The van der Waals surface area contributed by atoms with Crippen LogP contribution in [0.2, 0.25) is 0 Å². The van der Waals surface area contributed by atoms with Crippen LogP contribution in [0.1, 0.15) is 62.3 Å². The average Bonchev–Trinajstić information content (AvgIpc) is 0.852. The van der Waals surface area contributed by atoms with Gasteiger partial charge in [0.05, 0.1) is 61.0 Å². The number of ether oxygens (including phenoxy) is 5. The van der Waals surface area contributed by atoms with E-state index in [0.29, 0.717) is 151 Å². The van der Waals surface area contributed by atoms with Gasteiger partial charge < -0.3 is 96.9 Å². The van der Waals surface area contributed by atoms with E-state index in [0.717, 1.165) is 154 Å². The molecule has 15 aromatic rings. The van der Waals surface area contributed by atoms with E-state index in [1.807, 2.05) is 185 Å². The molecule has 0 spiro atoms. The highest BCUT2D eigenvalue weighted by molar-refractivity contribution is 5.88. The summed E-state index contributed by atoms with van der Waals surface area (Å²) >= 11 is 0. The fourth-order valence-electron chi connectivity index (χ4n) is 18.0. The monoisotopic (exact) mass is 1840 g/mol. The van der Waals surface area contributed by atoms with Gasteiger partial charge in [-0.2, -0.15) is 0 Å². The van der Waals surface area contributed by atoms with Crippen molar-refractivity contribution in [3.63, 3.8) is 0 Å². The summed E-state index contributed by atoms with van der Waals surface area (Å²) in [5.41, 5.74) is 11.2. The second kappa shape index (κ2) is 43.5. The van der Waals surface area contributed by atoms with E-state index in [1.54, 1.807) is 30.3 Å². The first kappa shape index (κ1) is 95.1. The fraction of sp³-hybridized carbons (Fsp3) is 0.312. The Bertz CT molecular complexity index is 7030. The molecule has 25 nitrogen and oxygen atoms in total. The lowest BCUT2D eigenvalue weighted by molar-refractivity contribution is 0.340. The molecule has 10 aromatic carbocycles. The van der Waals surface area contributed by atoms with Gasteiger partial charge >= 0.3 is 0 Å². The van der Waals surface area contributed by atoms with E-state index in [1.165, 1.54) is 50.6 Å². The molecule has 0 amide bonds. The number of hydrogen-bond acceptors (Lipinski definition) is 25. The number of methoxy groups -OCH3 is 2. The van der Waals surface area contributed by atoms with Crippen LogP contribution >= 0.6 is 0 Å². The molecule has 0 radical (unpaired) electrons. The van der Waals surface area contributed by atoms with Crippen molar-refractivity contribution >= 4 is 83.3 Å². The number of nitrogens with zero attached hydrogens (tertiary/aromatic N) is 5. The molecule has 6 atom stereocenters. The SMILES string of the molecule is CCOc1ccc(-c2cc(=O)c3cc(N4CCNCC4)ccc3o2)cc1.CCOc1ccc(-c2cc(=O)c3cc(N4CCN[C@@H](C)C4)ccc3o2)cc1.CCOc1ccc(-c2cc(=O)c3cc(N4C[C@@H](C)N[C@@H](C)C4)ccc3o2)cc1.COc1ccc(-c2cc(=O)c3cc(N4CCN[C@H](C)C4)ccc3o2)cc1F.COc1ccc(-c2cc(=O)c3cc(N4C[C@@H](C)N[C@@H](C)C4)ccc3o2)cc1F. The molecule has 5 fully saturated rings.